The minimum Gasteiger partial charge on any atom is -0.348 e. The van der Waals surface area contributed by atoms with Crippen LogP contribution in [0.5, 0.6) is 0 Å². The lowest BCUT2D eigenvalue weighted by atomic mass is 9.81. The van der Waals surface area contributed by atoms with Crippen molar-refractivity contribution >= 4 is 5.91 Å². The van der Waals surface area contributed by atoms with E-state index < -0.39 is 0 Å². The summed E-state index contributed by atoms with van der Waals surface area (Å²) in [5.41, 5.74) is 3.50. The molecule has 2 nitrogen and oxygen atoms in total. The van der Waals surface area contributed by atoms with Gasteiger partial charge in [0.25, 0.3) is 0 Å². The Morgan fingerprint density at radius 3 is 1.52 bits per heavy atom. The van der Waals surface area contributed by atoms with Crippen LogP contribution in [-0.2, 0) is 4.79 Å². The van der Waals surface area contributed by atoms with E-state index in [1.165, 1.54) is 11.1 Å². The first-order chi connectivity index (χ1) is 12.3. The predicted molar refractivity (Wildman–Crippen MR) is 102 cm³/mol. The van der Waals surface area contributed by atoms with Crippen molar-refractivity contribution in [2.24, 2.45) is 0 Å². The first kappa shape index (κ1) is 17.0. The van der Waals surface area contributed by atoms with Crippen molar-refractivity contribution in [3.63, 3.8) is 0 Å². The molecule has 0 aromatic heterocycles. The molecule has 0 saturated heterocycles. The molecule has 3 rings (SSSR count). The van der Waals surface area contributed by atoms with Crippen LogP contribution in [-0.4, -0.2) is 5.91 Å². The minimum atomic E-state index is -0.113. The molecule has 1 atom stereocenters. The van der Waals surface area contributed by atoms with E-state index in [9.17, 15) is 4.79 Å². The Morgan fingerprint density at radius 1 is 0.720 bits per heavy atom. The van der Waals surface area contributed by atoms with Crippen LogP contribution in [0.3, 0.4) is 0 Å². The zero-order valence-corrected chi connectivity index (χ0v) is 14.4. The highest BCUT2D eigenvalue weighted by Crippen LogP contribution is 2.36. The van der Waals surface area contributed by atoms with Gasteiger partial charge < -0.3 is 5.32 Å². The highest BCUT2D eigenvalue weighted by molar-refractivity contribution is 5.76. The van der Waals surface area contributed by atoms with Gasteiger partial charge in [-0.3, -0.25) is 4.79 Å². The largest absolute Gasteiger partial charge is 0.348 e. The van der Waals surface area contributed by atoms with Crippen LogP contribution in [0.25, 0.3) is 0 Å². The van der Waals surface area contributed by atoms with Crippen molar-refractivity contribution in [3.05, 3.63) is 108 Å². The molecule has 3 aromatic carbocycles. The van der Waals surface area contributed by atoms with Gasteiger partial charge in [0.15, 0.2) is 0 Å². The van der Waals surface area contributed by atoms with Crippen molar-refractivity contribution < 1.29 is 4.79 Å². The molecule has 0 heterocycles. The van der Waals surface area contributed by atoms with Crippen LogP contribution in [0.2, 0.25) is 0 Å². The van der Waals surface area contributed by atoms with Crippen LogP contribution in [0.4, 0.5) is 0 Å². The number of hydrogen-bond donors (Lipinski definition) is 1. The molecule has 0 unspecified atom stereocenters. The summed E-state index contributed by atoms with van der Waals surface area (Å²) in [5, 5.41) is 3.24. The number of amides is 1. The van der Waals surface area contributed by atoms with Gasteiger partial charge >= 0.3 is 0 Å². The monoisotopic (exact) mass is 329 g/mol. The van der Waals surface area contributed by atoms with Gasteiger partial charge in [0.2, 0.25) is 5.91 Å². The van der Waals surface area contributed by atoms with Gasteiger partial charge in [-0.1, -0.05) is 97.9 Å². The molecule has 0 spiro atoms. The molecule has 0 bridgehead atoms. The SMILES string of the molecule is CCC(=O)N[C@H](c1ccccc1)C(c1ccccc1)c1ccccc1. The van der Waals surface area contributed by atoms with Crippen molar-refractivity contribution in [1.82, 2.24) is 5.32 Å². The summed E-state index contributed by atoms with van der Waals surface area (Å²) < 4.78 is 0. The lowest BCUT2D eigenvalue weighted by Crippen LogP contribution is -2.32. The number of benzene rings is 3. The second-order valence-electron chi connectivity index (χ2n) is 6.11. The highest BCUT2D eigenvalue weighted by Gasteiger charge is 2.27. The molecule has 0 fully saturated rings. The van der Waals surface area contributed by atoms with Gasteiger partial charge in [-0.25, -0.2) is 0 Å². The molecule has 25 heavy (non-hydrogen) atoms. The van der Waals surface area contributed by atoms with Gasteiger partial charge in [-0.2, -0.15) is 0 Å². The average Bonchev–Trinajstić information content (AvgIpc) is 2.69. The van der Waals surface area contributed by atoms with E-state index in [0.29, 0.717) is 6.42 Å². The van der Waals surface area contributed by atoms with Gasteiger partial charge in [-0.15, -0.1) is 0 Å². The second kappa shape index (κ2) is 8.29. The van der Waals surface area contributed by atoms with E-state index in [2.05, 4.69) is 66.0 Å². The van der Waals surface area contributed by atoms with E-state index in [0.717, 1.165) is 5.56 Å². The van der Waals surface area contributed by atoms with Gasteiger partial charge in [0.1, 0.15) is 0 Å². The highest BCUT2D eigenvalue weighted by atomic mass is 16.1. The summed E-state index contributed by atoms with van der Waals surface area (Å²) in [6, 6.07) is 30.9. The summed E-state index contributed by atoms with van der Waals surface area (Å²) >= 11 is 0. The quantitative estimate of drug-likeness (QED) is 0.671. The number of hydrogen-bond acceptors (Lipinski definition) is 1. The van der Waals surface area contributed by atoms with E-state index in [1.807, 2.05) is 37.3 Å². The maximum atomic E-state index is 12.3. The molecular weight excluding hydrogens is 306 g/mol. The Kier molecular flexibility index (Phi) is 5.63. The molecule has 0 saturated carbocycles. The molecule has 1 amide bonds. The van der Waals surface area contributed by atoms with Crippen LogP contribution in [0.15, 0.2) is 91.0 Å². The molecule has 1 N–H and O–H groups in total. The van der Waals surface area contributed by atoms with E-state index in [4.69, 9.17) is 0 Å². The fourth-order valence-corrected chi connectivity index (χ4v) is 3.19. The van der Waals surface area contributed by atoms with Crippen molar-refractivity contribution in [1.29, 1.82) is 0 Å². The van der Waals surface area contributed by atoms with Crippen LogP contribution in [0.1, 0.15) is 42.0 Å². The van der Waals surface area contributed by atoms with E-state index in [1.54, 1.807) is 0 Å². The maximum Gasteiger partial charge on any atom is 0.220 e. The molecule has 3 aromatic rings. The van der Waals surface area contributed by atoms with Crippen molar-refractivity contribution in [2.75, 3.05) is 0 Å². The first-order valence-electron chi connectivity index (χ1n) is 8.73. The third kappa shape index (κ3) is 4.16. The first-order valence-corrected chi connectivity index (χ1v) is 8.73. The molecule has 0 aliphatic carbocycles. The fraction of sp³-hybridized carbons (Fsp3) is 0.174. The van der Waals surface area contributed by atoms with Crippen LogP contribution in [0, 0.1) is 0 Å². The number of nitrogens with one attached hydrogen (secondary N) is 1. The third-order valence-corrected chi connectivity index (χ3v) is 4.45. The smallest absolute Gasteiger partial charge is 0.220 e. The normalized spacial score (nSPS) is 11.9. The number of carbonyl (C=O) groups is 1. The Bertz CT molecular complexity index is 745. The predicted octanol–water partition coefficient (Wildman–Crippen LogP) is 5.09. The third-order valence-electron chi connectivity index (χ3n) is 4.45. The molecule has 2 heteroatoms. The van der Waals surface area contributed by atoms with Gasteiger partial charge in [0, 0.05) is 12.3 Å². The second-order valence-corrected chi connectivity index (χ2v) is 6.11. The average molecular weight is 329 g/mol. The number of carbonyl (C=O) groups excluding carboxylic acids is 1. The molecule has 0 aliphatic heterocycles. The Labute approximate surface area is 149 Å². The Hall–Kier alpha value is -2.87. The van der Waals surface area contributed by atoms with Gasteiger partial charge in [-0.05, 0) is 16.7 Å². The minimum absolute atomic E-state index is 0.0558. The Balaban J connectivity index is 2.11. The topological polar surface area (TPSA) is 29.1 Å². The zero-order valence-electron chi connectivity index (χ0n) is 14.4. The maximum absolute atomic E-state index is 12.3. The summed E-state index contributed by atoms with van der Waals surface area (Å²) in [7, 11) is 0. The standard InChI is InChI=1S/C23H23NO/c1-2-21(25)24-23(20-16-10-5-11-17-20)22(18-12-6-3-7-13-18)19-14-8-4-9-15-19/h3-17,22-23H,2H2,1H3,(H,24,25)/t23-/m1/s1. The van der Waals surface area contributed by atoms with Gasteiger partial charge in [0.05, 0.1) is 6.04 Å². The van der Waals surface area contributed by atoms with Crippen LogP contribution >= 0.6 is 0 Å². The summed E-state index contributed by atoms with van der Waals surface area (Å²) in [6.07, 6.45) is 0.472. The zero-order chi connectivity index (χ0) is 17.5. The van der Waals surface area contributed by atoms with Crippen molar-refractivity contribution in [2.45, 2.75) is 25.3 Å². The molecular formula is C23H23NO. The summed E-state index contributed by atoms with van der Waals surface area (Å²) in [5.74, 6) is 0.117. The van der Waals surface area contributed by atoms with Crippen molar-refractivity contribution in [3.8, 4) is 0 Å². The van der Waals surface area contributed by atoms with E-state index in [-0.39, 0.29) is 17.9 Å². The van der Waals surface area contributed by atoms with Crippen LogP contribution < -0.4 is 5.32 Å². The van der Waals surface area contributed by atoms with E-state index >= 15 is 0 Å². The Morgan fingerprint density at radius 2 is 1.12 bits per heavy atom. The molecule has 126 valence electrons. The summed E-state index contributed by atoms with van der Waals surface area (Å²) in [4.78, 5) is 12.3. The number of rotatable bonds is 6. The fourth-order valence-electron chi connectivity index (χ4n) is 3.19. The lowest BCUT2D eigenvalue weighted by Gasteiger charge is -2.29. The molecule has 0 aliphatic rings. The lowest BCUT2D eigenvalue weighted by molar-refractivity contribution is -0.121. The molecule has 0 radical (unpaired) electrons. The summed E-state index contributed by atoms with van der Waals surface area (Å²) in [6.45, 7) is 1.89.